The number of nitrogens with one attached hydrogen (secondary N) is 2. The van der Waals surface area contributed by atoms with Crippen molar-refractivity contribution < 1.29 is 4.79 Å². The van der Waals surface area contributed by atoms with Crippen LogP contribution in [0.5, 0.6) is 0 Å². The van der Waals surface area contributed by atoms with Crippen LogP contribution in [0, 0.1) is 0 Å². The predicted molar refractivity (Wildman–Crippen MR) is 54.6 cm³/mol. The molecule has 1 rings (SSSR count). The van der Waals surface area contributed by atoms with Crippen LogP contribution in [0.15, 0.2) is 24.5 Å². The Balaban J connectivity index is 2.65. The first kappa shape index (κ1) is 10.5. The van der Waals surface area contributed by atoms with Gasteiger partial charge in [0.1, 0.15) is 5.82 Å². The average molecular weight is 193 g/mol. The first-order valence-electron chi connectivity index (χ1n) is 4.60. The van der Waals surface area contributed by atoms with E-state index in [0.29, 0.717) is 5.57 Å². The maximum absolute atomic E-state index is 11.4. The van der Waals surface area contributed by atoms with Gasteiger partial charge in [-0.1, -0.05) is 13.5 Å². The van der Waals surface area contributed by atoms with Gasteiger partial charge >= 0.3 is 0 Å². The summed E-state index contributed by atoms with van der Waals surface area (Å²) in [5.74, 6) is 0.648. The molecule has 1 aromatic rings. The number of amides is 1. The van der Waals surface area contributed by atoms with Crippen LogP contribution in [0.2, 0.25) is 0 Å². The maximum Gasteiger partial charge on any atom is 0.246 e. The van der Waals surface area contributed by atoms with E-state index in [1.165, 1.54) is 0 Å². The molecule has 1 heterocycles. The molecule has 14 heavy (non-hydrogen) atoms. The molecule has 1 aromatic heterocycles. The molecule has 1 amide bonds. The van der Waals surface area contributed by atoms with E-state index in [1.807, 2.05) is 6.92 Å². The smallest absolute Gasteiger partial charge is 0.246 e. The molecule has 1 atom stereocenters. The number of H-pyrrole nitrogens is 1. The molecule has 0 bridgehead atoms. The Hall–Kier alpha value is -1.58. The Morgan fingerprint density at radius 3 is 2.93 bits per heavy atom. The highest BCUT2D eigenvalue weighted by molar-refractivity contribution is 5.92. The summed E-state index contributed by atoms with van der Waals surface area (Å²) < 4.78 is 0. The maximum atomic E-state index is 11.4. The van der Waals surface area contributed by atoms with Gasteiger partial charge in [0.05, 0.1) is 6.04 Å². The number of carbonyl (C=O) groups excluding carboxylic acids is 1. The lowest BCUT2D eigenvalue weighted by molar-refractivity contribution is -0.118. The largest absolute Gasteiger partial charge is 0.347 e. The number of aromatic nitrogens is 2. The van der Waals surface area contributed by atoms with Crippen LogP contribution in [-0.2, 0) is 4.79 Å². The normalized spacial score (nSPS) is 12.1. The molecule has 4 heteroatoms. The molecule has 0 fully saturated rings. The van der Waals surface area contributed by atoms with Gasteiger partial charge in [0, 0.05) is 18.0 Å². The van der Waals surface area contributed by atoms with Crippen molar-refractivity contribution in [3.63, 3.8) is 0 Å². The lowest BCUT2D eigenvalue weighted by Crippen LogP contribution is -2.29. The minimum atomic E-state index is -0.131. The van der Waals surface area contributed by atoms with Gasteiger partial charge in [-0.05, 0) is 13.3 Å². The van der Waals surface area contributed by atoms with Crippen molar-refractivity contribution in [3.05, 3.63) is 30.4 Å². The van der Waals surface area contributed by atoms with Crippen molar-refractivity contribution in [2.24, 2.45) is 0 Å². The molecule has 0 saturated carbocycles. The molecular weight excluding hydrogens is 178 g/mol. The summed E-state index contributed by atoms with van der Waals surface area (Å²) in [6, 6.07) is -0.0609. The monoisotopic (exact) mass is 193 g/mol. The van der Waals surface area contributed by atoms with Crippen LogP contribution >= 0.6 is 0 Å². The third kappa shape index (κ3) is 2.45. The zero-order valence-electron chi connectivity index (χ0n) is 8.50. The van der Waals surface area contributed by atoms with Gasteiger partial charge in [0.25, 0.3) is 0 Å². The zero-order valence-corrected chi connectivity index (χ0v) is 8.50. The molecule has 0 radical (unpaired) electrons. The minimum Gasteiger partial charge on any atom is -0.347 e. The molecule has 0 aromatic carbocycles. The van der Waals surface area contributed by atoms with Crippen molar-refractivity contribution >= 4 is 5.91 Å². The number of hydrogen-bond donors (Lipinski definition) is 2. The van der Waals surface area contributed by atoms with E-state index >= 15 is 0 Å². The zero-order chi connectivity index (χ0) is 10.6. The van der Waals surface area contributed by atoms with Crippen LogP contribution < -0.4 is 5.32 Å². The topological polar surface area (TPSA) is 57.8 Å². The average Bonchev–Trinajstić information content (AvgIpc) is 2.66. The number of imidazole rings is 1. The highest BCUT2D eigenvalue weighted by atomic mass is 16.1. The quantitative estimate of drug-likeness (QED) is 0.713. The standard InChI is InChI=1S/C10H15N3O/c1-4-8(9-11-5-6-12-9)13-10(14)7(2)3/h5-6,8H,2,4H2,1,3H3,(H,11,12)(H,13,14). The van der Waals surface area contributed by atoms with Gasteiger partial charge in [-0.2, -0.15) is 0 Å². The number of hydrogen-bond acceptors (Lipinski definition) is 2. The Morgan fingerprint density at radius 2 is 2.50 bits per heavy atom. The summed E-state index contributed by atoms with van der Waals surface area (Å²) in [6.45, 7) is 7.26. The van der Waals surface area contributed by atoms with Crippen molar-refractivity contribution in [2.75, 3.05) is 0 Å². The van der Waals surface area contributed by atoms with Crippen LogP contribution in [-0.4, -0.2) is 15.9 Å². The second-order valence-electron chi connectivity index (χ2n) is 3.19. The summed E-state index contributed by atoms with van der Waals surface area (Å²) in [4.78, 5) is 18.4. The van der Waals surface area contributed by atoms with E-state index in [1.54, 1.807) is 19.3 Å². The van der Waals surface area contributed by atoms with E-state index in [4.69, 9.17) is 0 Å². The highest BCUT2D eigenvalue weighted by Gasteiger charge is 2.14. The first-order valence-corrected chi connectivity index (χ1v) is 4.60. The number of aromatic amines is 1. The van der Waals surface area contributed by atoms with Gasteiger partial charge in [-0.15, -0.1) is 0 Å². The van der Waals surface area contributed by atoms with Gasteiger partial charge in [-0.3, -0.25) is 4.79 Å². The van der Waals surface area contributed by atoms with Crippen molar-refractivity contribution in [1.29, 1.82) is 0 Å². The molecule has 0 aliphatic carbocycles. The van der Waals surface area contributed by atoms with Gasteiger partial charge in [-0.25, -0.2) is 4.98 Å². The second kappa shape index (κ2) is 4.60. The lowest BCUT2D eigenvalue weighted by Gasteiger charge is -2.14. The fourth-order valence-electron chi connectivity index (χ4n) is 1.11. The molecule has 4 nitrogen and oxygen atoms in total. The van der Waals surface area contributed by atoms with Crippen LogP contribution in [0.25, 0.3) is 0 Å². The SMILES string of the molecule is C=C(C)C(=O)NC(CC)c1ncc[nH]1. The predicted octanol–water partition coefficient (Wildman–Crippen LogP) is 1.55. The second-order valence-corrected chi connectivity index (χ2v) is 3.19. The van der Waals surface area contributed by atoms with E-state index in [-0.39, 0.29) is 11.9 Å². The Morgan fingerprint density at radius 1 is 1.79 bits per heavy atom. The third-order valence-electron chi connectivity index (χ3n) is 1.95. The van der Waals surface area contributed by atoms with Crippen LogP contribution in [0.3, 0.4) is 0 Å². The van der Waals surface area contributed by atoms with E-state index < -0.39 is 0 Å². The minimum absolute atomic E-state index is 0.0609. The molecule has 0 spiro atoms. The van der Waals surface area contributed by atoms with Crippen molar-refractivity contribution in [1.82, 2.24) is 15.3 Å². The fourth-order valence-corrected chi connectivity index (χ4v) is 1.11. The summed E-state index contributed by atoms with van der Waals surface area (Å²) in [6.07, 6.45) is 4.21. The summed E-state index contributed by atoms with van der Waals surface area (Å²) >= 11 is 0. The Bertz CT molecular complexity index is 316. The lowest BCUT2D eigenvalue weighted by atomic mass is 10.2. The van der Waals surface area contributed by atoms with Crippen molar-refractivity contribution in [3.8, 4) is 0 Å². The fraction of sp³-hybridized carbons (Fsp3) is 0.400. The van der Waals surface area contributed by atoms with Gasteiger partial charge < -0.3 is 10.3 Å². The third-order valence-corrected chi connectivity index (χ3v) is 1.95. The van der Waals surface area contributed by atoms with Crippen LogP contribution in [0.4, 0.5) is 0 Å². The summed E-state index contributed by atoms with van der Waals surface area (Å²) in [7, 11) is 0. The summed E-state index contributed by atoms with van der Waals surface area (Å²) in [5.41, 5.74) is 0.509. The van der Waals surface area contributed by atoms with E-state index in [9.17, 15) is 4.79 Å². The molecule has 76 valence electrons. The molecule has 0 saturated heterocycles. The van der Waals surface area contributed by atoms with E-state index in [0.717, 1.165) is 12.2 Å². The summed E-state index contributed by atoms with van der Waals surface area (Å²) in [5, 5.41) is 2.84. The Labute approximate surface area is 83.4 Å². The van der Waals surface area contributed by atoms with Gasteiger partial charge in [0.15, 0.2) is 0 Å². The van der Waals surface area contributed by atoms with Crippen molar-refractivity contribution in [2.45, 2.75) is 26.3 Å². The highest BCUT2D eigenvalue weighted by Crippen LogP contribution is 2.11. The molecule has 1 unspecified atom stereocenters. The Kier molecular flexibility index (Phi) is 3.45. The van der Waals surface area contributed by atoms with Crippen LogP contribution in [0.1, 0.15) is 32.1 Å². The first-order chi connectivity index (χ1) is 6.65. The number of rotatable bonds is 4. The molecule has 0 aliphatic heterocycles. The molecular formula is C10H15N3O. The van der Waals surface area contributed by atoms with E-state index in [2.05, 4.69) is 21.9 Å². The molecule has 0 aliphatic rings. The molecule has 2 N–H and O–H groups in total. The van der Waals surface area contributed by atoms with Gasteiger partial charge in [0.2, 0.25) is 5.91 Å². The number of carbonyl (C=O) groups is 1. The number of nitrogens with zero attached hydrogens (tertiary/aromatic N) is 1.